The Hall–Kier alpha value is -2.67. The monoisotopic (exact) mass is 437 g/mol. The highest BCUT2D eigenvalue weighted by atomic mass is 16.2. The molecule has 1 aromatic carbocycles. The molecule has 1 N–H and O–H groups in total. The number of benzene rings is 1. The van der Waals surface area contributed by atoms with E-state index in [0.717, 1.165) is 74.6 Å². The molecule has 7 heteroatoms. The average molecular weight is 438 g/mol. The number of rotatable bonds is 5. The molecular formula is C25H35N5O2. The molecule has 3 heterocycles. The molecule has 7 nitrogen and oxygen atoms in total. The van der Waals surface area contributed by atoms with E-state index in [0.29, 0.717) is 12.5 Å². The summed E-state index contributed by atoms with van der Waals surface area (Å²) in [6.45, 7) is 7.65. The number of carbonyl (C=O) groups is 2. The van der Waals surface area contributed by atoms with Crippen LogP contribution in [0.15, 0.2) is 30.3 Å². The molecule has 2 saturated heterocycles. The van der Waals surface area contributed by atoms with Crippen LogP contribution in [0.25, 0.3) is 5.69 Å². The normalized spacial score (nSPS) is 18.4. The third-order valence-corrected chi connectivity index (χ3v) is 6.78. The van der Waals surface area contributed by atoms with E-state index in [4.69, 9.17) is 0 Å². The Morgan fingerprint density at radius 3 is 2.28 bits per heavy atom. The van der Waals surface area contributed by atoms with Gasteiger partial charge in [0, 0.05) is 19.0 Å². The summed E-state index contributed by atoms with van der Waals surface area (Å²) in [6.07, 6.45) is 6.41. The molecule has 0 aliphatic carbocycles. The minimum absolute atomic E-state index is 0.0268. The van der Waals surface area contributed by atoms with Crippen LogP contribution in [0.4, 0.5) is 5.69 Å². The molecule has 0 bridgehead atoms. The number of hydrogen-bond donors (Lipinski definition) is 1. The number of amides is 2. The van der Waals surface area contributed by atoms with Gasteiger partial charge in [-0.05, 0) is 64.8 Å². The zero-order chi connectivity index (χ0) is 22.5. The molecule has 2 aromatic rings. The number of carbonyl (C=O) groups excluding carboxylic acids is 2. The Balaban J connectivity index is 1.29. The first-order chi connectivity index (χ1) is 15.5. The number of piperidine rings is 1. The van der Waals surface area contributed by atoms with Crippen LogP contribution in [-0.4, -0.2) is 64.1 Å². The van der Waals surface area contributed by atoms with Crippen molar-refractivity contribution in [2.75, 3.05) is 38.0 Å². The summed E-state index contributed by atoms with van der Waals surface area (Å²) >= 11 is 0. The van der Waals surface area contributed by atoms with E-state index in [2.05, 4.69) is 20.2 Å². The van der Waals surface area contributed by atoms with Gasteiger partial charge in [0.2, 0.25) is 11.8 Å². The topological polar surface area (TPSA) is 70.5 Å². The van der Waals surface area contributed by atoms with Crippen LogP contribution in [0, 0.1) is 19.8 Å². The minimum atomic E-state index is -0.0268. The highest BCUT2D eigenvalue weighted by molar-refractivity contribution is 5.93. The van der Waals surface area contributed by atoms with Crippen LogP contribution in [0.3, 0.4) is 0 Å². The molecule has 2 aliphatic heterocycles. The molecule has 0 unspecified atom stereocenters. The van der Waals surface area contributed by atoms with Crippen molar-refractivity contribution in [2.45, 2.75) is 52.4 Å². The quantitative estimate of drug-likeness (QED) is 0.777. The number of aromatic nitrogens is 2. The van der Waals surface area contributed by atoms with Crippen molar-refractivity contribution in [2.24, 2.45) is 5.92 Å². The number of nitrogens with zero attached hydrogens (tertiary/aromatic N) is 4. The predicted octanol–water partition coefficient (Wildman–Crippen LogP) is 3.54. The second-order valence-corrected chi connectivity index (χ2v) is 9.13. The van der Waals surface area contributed by atoms with E-state index in [9.17, 15) is 9.59 Å². The van der Waals surface area contributed by atoms with E-state index < -0.39 is 0 Å². The SMILES string of the molecule is Cc1nn(-c2ccccc2)c(C)c1NC(=O)CN1CCC(C(=O)N2CCCCCC2)CC1. The molecule has 4 rings (SSSR count). The van der Waals surface area contributed by atoms with E-state index in [1.807, 2.05) is 48.9 Å². The number of nitrogens with one attached hydrogen (secondary N) is 1. The summed E-state index contributed by atoms with van der Waals surface area (Å²) in [4.78, 5) is 29.9. The first-order valence-electron chi connectivity index (χ1n) is 12.0. The number of aryl methyl sites for hydroxylation is 1. The van der Waals surface area contributed by atoms with Crippen LogP contribution in [0.2, 0.25) is 0 Å². The largest absolute Gasteiger partial charge is 0.342 e. The van der Waals surface area contributed by atoms with Crippen LogP contribution in [-0.2, 0) is 9.59 Å². The maximum absolute atomic E-state index is 12.9. The van der Waals surface area contributed by atoms with Gasteiger partial charge in [-0.2, -0.15) is 5.10 Å². The van der Waals surface area contributed by atoms with Gasteiger partial charge in [0.1, 0.15) is 0 Å². The Bertz CT molecular complexity index is 923. The van der Waals surface area contributed by atoms with E-state index in [1.165, 1.54) is 12.8 Å². The Morgan fingerprint density at radius 2 is 1.62 bits per heavy atom. The number of hydrogen-bond acceptors (Lipinski definition) is 4. The number of anilines is 1. The summed E-state index contributed by atoms with van der Waals surface area (Å²) in [5, 5.41) is 7.68. The Labute approximate surface area is 190 Å². The summed E-state index contributed by atoms with van der Waals surface area (Å²) in [5.41, 5.74) is 3.49. The molecule has 0 saturated carbocycles. The van der Waals surface area contributed by atoms with Crippen molar-refractivity contribution < 1.29 is 9.59 Å². The third-order valence-electron chi connectivity index (χ3n) is 6.78. The van der Waals surface area contributed by atoms with Gasteiger partial charge in [0.25, 0.3) is 0 Å². The van der Waals surface area contributed by atoms with Crippen LogP contribution < -0.4 is 5.32 Å². The molecule has 2 fully saturated rings. The van der Waals surface area contributed by atoms with Gasteiger partial charge in [-0.15, -0.1) is 0 Å². The molecule has 32 heavy (non-hydrogen) atoms. The highest BCUT2D eigenvalue weighted by Crippen LogP contribution is 2.24. The summed E-state index contributed by atoms with van der Waals surface area (Å²) in [7, 11) is 0. The second kappa shape index (κ2) is 10.3. The summed E-state index contributed by atoms with van der Waals surface area (Å²) < 4.78 is 1.87. The van der Waals surface area contributed by atoms with Crippen LogP contribution >= 0.6 is 0 Å². The number of para-hydroxylation sites is 1. The number of likely N-dealkylation sites (tertiary alicyclic amines) is 2. The zero-order valence-corrected chi connectivity index (χ0v) is 19.3. The third kappa shape index (κ3) is 5.21. The lowest BCUT2D eigenvalue weighted by Crippen LogP contribution is -2.44. The first-order valence-corrected chi connectivity index (χ1v) is 12.0. The standard InChI is InChI=1S/C25H35N5O2/c1-19-24(20(2)30(27-19)22-10-6-5-7-11-22)26-23(31)18-28-16-12-21(13-17-28)25(32)29-14-8-3-4-9-15-29/h5-7,10-11,21H,3-4,8-9,12-18H2,1-2H3,(H,26,31). The smallest absolute Gasteiger partial charge is 0.238 e. The first kappa shape index (κ1) is 22.5. The molecular weight excluding hydrogens is 402 g/mol. The fourth-order valence-corrected chi connectivity index (χ4v) is 4.91. The maximum atomic E-state index is 12.9. The fourth-order valence-electron chi connectivity index (χ4n) is 4.91. The highest BCUT2D eigenvalue weighted by Gasteiger charge is 2.29. The second-order valence-electron chi connectivity index (χ2n) is 9.13. The molecule has 0 atom stereocenters. The molecule has 0 radical (unpaired) electrons. The Morgan fingerprint density at radius 1 is 0.969 bits per heavy atom. The van der Waals surface area contributed by atoms with Gasteiger partial charge in [-0.1, -0.05) is 31.0 Å². The van der Waals surface area contributed by atoms with Gasteiger partial charge in [-0.3, -0.25) is 14.5 Å². The van der Waals surface area contributed by atoms with Gasteiger partial charge in [0.15, 0.2) is 0 Å². The maximum Gasteiger partial charge on any atom is 0.238 e. The molecule has 1 aromatic heterocycles. The summed E-state index contributed by atoms with van der Waals surface area (Å²) in [5.74, 6) is 0.415. The van der Waals surface area contributed by atoms with Crippen molar-refractivity contribution in [3.05, 3.63) is 41.7 Å². The molecule has 2 aliphatic rings. The lowest BCUT2D eigenvalue weighted by molar-refractivity contribution is -0.137. The molecule has 2 amide bonds. The lowest BCUT2D eigenvalue weighted by Gasteiger charge is -2.33. The Kier molecular flexibility index (Phi) is 7.25. The summed E-state index contributed by atoms with van der Waals surface area (Å²) in [6, 6.07) is 9.93. The van der Waals surface area contributed by atoms with Gasteiger partial charge in [0.05, 0.1) is 29.3 Å². The molecule has 0 spiro atoms. The lowest BCUT2D eigenvalue weighted by atomic mass is 9.95. The van der Waals surface area contributed by atoms with E-state index in [1.54, 1.807) is 0 Å². The van der Waals surface area contributed by atoms with Crippen molar-refractivity contribution in [1.82, 2.24) is 19.6 Å². The minimum Gasteiger partial charge on any atom is -0.342 e. The van der Waals surface area contributed by atoms with Crippen molar-refractivity contribution in [3.63, 3.8) is 0 Å². The van der Waals surface area contributed by atoms with E-state index in [-0.39, 0.29) is 11.8 Å². The van der Waals surface area contributed by atoms with Crippen molar-refractivity contribution in [3.8, 4) is 5.69 Å². The predicted molar refractivity (Wildman–Crippen MR) is 126 cm³/mol. The van der Waals surface area contributed by atoms with Crippen LogP contribution in [0.5, 0.6) is 0 Å². The van der Waals surface area contributed by atoms with Gasteiger partial charge >= 0.3 is 0 Å². The van der Waals surface area contributed by atoms with Gasteiger partial charge in [-0.25, -0.2) is 4.68 Å². The van der Waals surface area contributed by atoms with Crippen LogP contribution in [0.1, 0.15) is 49.9 Å². The molecule has 172 valence electrons. The fraction of sp³-hybridized carbons (Fsp3) is 0.560. The van der Waals surface area contributed by atoms with Crippen molar-refractivity contribution in [1.29, 1.82) is 0 Å². The van der Waals surface area contributed by atoms with Gasteiger partial charge < -0.3 is 10.2 Å². The van der Waals surface area contributed by atoms with E-state index >= 15 is 0 Å². The average Bonchev–Trinajstić information content (AvgIpc) is 2.99. The zero-order valence-electron chi connectivity index (χ0n) is 19.3. The van der Waals surface area contributed by atoms with Crippen molar-refractivity contribution >= 4 is 17.5 Å².